The molecule has 0 aromatic heterocycles. The Morgan fingerprint density at radius 2 is 1.86 bits per heavy atom. The highest BCUT2D eigenvalue weighted by molar-refractivity contribution is 7.80. The molecule has 5 rings (SSSR count). The molecule has 3 saturated carbocycles. The van der Waals surface area contributed by atoms with Crippen LogP contribution in [0.3, 0.4) is 0 Å². The number of nitrogens with one attached hydrogen (secondary N) is 2. The van der Waals surface area contributed by atoms with Crippen molar-refractivity contribution in [3.8, 4) is 0 Å². The van der Waals surface area contributed by atoms with Gasteiger partial charge in [0.25, 0.3) is 0 Å². The molecule has 2 unspecified atom stereocenters. The van der Waals surface area contributed by atoms with Gasteiger partial charge in [-0.15, -0.1) is 0 Å². The van der Waals surface area contributed by atoms with Crippen molar-refractivity contribution >= 4 is 34.8 Å². The van der Waals surface area contributed by atoms with Crippen LogP contribution in [0, 0.1) is 23.1 Å². The Morgan fingerprint density at radius 3 is 2.54 bits per heavy atom. The smallest absolute Gasteiger partial charge is 0.191 e. The van der Waals surface area contributed by atoms with E-state index in [1.54, 1.807) is 12.1 Å². The van der Waals surface area contributed by atoms with Crippen molar-refractivity contribution in [2.75, 3.05) is 5.32 Å². The number of rotatable bonds is 3. The van der Waals surface area contributed by atoms with Crippen LogP contribution in [0.4, 0.5) is 10.1 Å². The Balaban J connectivity index is 1.55. The summed E-state index contributed by atoms with van der Waals surface area (Å²) in [6, 6.07) is 16.4. The first-order valence-electron chi connectivity index (χ1n) is 9.59. The average molecular weight is 394 g/mol. The summed E-state index contributed by atoms with van der Waals surface area (Å²) in [5.74, 6) is 0.852. The Morgan fingerprint density at radius 1 is 1.14 bits per heavy atom. The molecule has 0 radical (unpaired) electrons. The lowest BCUT2D eigenvalue weighted by atomic mass is 9.47. The number of nitrogens with zero attached hydrogens (tertiary/aromatic N) is 1. The van der Waals surface area contributed by atoms with Gasteiger partial charge in [-0.25, -0.2) is 4.39 Å². The number of allylic oxidation sites excluding steroid dienone is 1. The molecular formula is C23H24FN3S. The molecule has 0 aliphatic heterocycles. The second-order valence-electron chi connectivity index (χ2n) is 8.16. The number of hydrogen-bond donors (Lipinski definition) is 2. The van der Waals surface area contributed by atoms with Gasteiger partial charge in [-0.05, 0) is 77.9 Å². The summed E-state index contributed by atoms with van der Waals surface area (Å²) in [6.45, 7) is 4.63. The molecule has 0 amide bonds. The molecule has 5 heteroatoms. The maximum absolute atomic E-state index is 13.2. The van der Waals surface area contributed by atoms with E-state index in [1.165, 1.54) is 17.7 Å². The highest BCUT2D eigenvalue weighted by Crippen LogP contribution is 2.59. The van der Waals surface area contributed by atoms with E-state index in [0.29, 0.717) is 16.9 Å². The minimum atomic E-state index is -0.220. The minimum Gasteiger partial charge on any atom is -0.331 e. The molecule has 2 aromatic rings. The number of anilines is 1. The molecule has 3 nitrogen and oxygen atoms in total. The molecule has 3 aliphatic carbocycles. The van der Waals surface area contributed by atoms with Crippen LogP contribution in [0.1, 0.15) is 32.3 Å². The molecule has 0 heterocycles. The summed E-state index contributed by atoms with van der Waals surface area (Å²) in [5.41, 5.74) is 7.47. The fourth-order valence-corrected chi connectivity index (χ4v) is 4.42. The van der Waals surface area contributed by atoms with E-state index in [-0.39, 0.29) is 11.2 Å². The number of thiocarbonyl (C=S) groups is 1. The third kappa shape index (κ3) is 3.72. The molecule has 2 aromatic carbocycles. The van der Waals surface area contributed by atoms with E-state index in [1.807, 2.05) is 30.3 Å². The van der Waals surface area contributed by atoms with Gasteiger partial charge < -0.3 is 5.32 Å². The average Bonchev–Trinajstić information content (AvgIpc) is 2.69. The Kier molecular flexibility index (Phi) is 5.02. The summed E-state index contributed by atoms with van der Waals surface area (Å²) < 4.78 is 13.2. The second-order valence-corrected chi connectivity index (χ2v) is 8.57. The highest BCUT2D eigenvalue weighted by atomic mass is 32.1. The van der Waals surface area contributed by atoms with Crippen molar-refractivity contribution in [2.24, 2.45) is 22.4 Å². The van der Waals surface area contributed by atoms with Gasteiger partial charge in [0, 0.05) is 11.6 Å². The molecule has 3 aliphatic rings. The van der Waals surface area contributed by atoms with Gasteiger partial charge in [-0.2, -0.15) is 5.10 Å². The summed E-state index contributed by atoms with van der Waals surface area (Å²) in [5, 5.41) is 8.33. The van der Waals surface area contributed by atoms with Crippen molar-refractivity contribution in [3.63, 3.8) is 0 Å². The highest BCUT2D eigenvalue weighted by Gasteiger charge is 2.54. The number of fused-ring (bicyclic) bond motifs is 2. The lowest BCUT2D eigenvalue weighted by Gasteiger charge is -2.57. The zero-order valence-corrected chi connectivity index (χ0v) is 16.9. The zero-order chi connectivity index (χ0) is 19.7. The van der Waals surface area contributed by atoms with Gasteiger partial charge >= 0.3 is 0 Å². The maximum Gasteiger partial charge on any atom is 0.191 e. The first-order valence-corrected chi connectivity index (χ1v) is 10.0. The predicted molar refractivity (Wildman–Crippen MR) is 118 cm³/mol. The molecule has 3 fully saturated rings. The minimum absolute atomic E-state index is 0.220. The Bertz CT molecular complexity index is 932. The van der Waals surface area contributed by atoms with E-state index in [2.05, 4.69) is 30.7 Å². The largest absolute Gasteiger partial charge is 0.331 e. The van der Waals surface area contributed by atoms with Crippen molar-refractivity contribution in [2.45, 2.75) is 26.7 Å². The summed E-state index contributed by atoms with van der Waals surface area (Å²) in [7, 11) is 0. The van der Waals surface area contributed by atoms with Crippen LogP contribution < -0.4 is 10.7 Å². The van der Waals surface area contributed by atoms with Crippen LogP contribution in [0.15, 0.2) is 65.3 Å². The van der Waals surface area contributed by atoms with Crippen molar-refractivity contribution in [1.29, 1.82) is 0 Å². The lowest BCUT2D eigenvalue weighted by Crippen LogP contribution is -2.54. The van der Waals surface area contributed by atoms with E-state index < -0.39 is 0 Å². The van der Waals surface area contributed by atoms with Gasteiger partial charge in [-0.1, -0.05) is 44.2 Å². The molecule has 2 N–H and O–H groups in total. The van der Waals surface area contributed by atoms with Gasteiger partial charge in [0.2, 0.25) is 0 Å². The van der Waals surface area contributed by atoms with Crippen LogP contribution in [0.5, 0.6) is 0 Å². The summed E-state index contributed by atoms with van der Waals surface area (Å²) in [4.78, 5) is 0. The molecule has 0 spiro atoms. The summed E-state index contributed by atoms with van der Waals surface area (Å²) >= 11 is 5.41. The van der Waals surface area contributed by atoms with Crippen molar-refractivity contribution in [1.82, 2.24) is 5.43 Å². The molecular weight excluding hydrogens is 369 g/mol. The van der Waals surface area contributed by atoms with Crippen LogP contribution in [-0.4, -0.2) is 10.8 Å². The van der Waals surface area contributed by atoms with E-state index in [4.69, 9.17) is 17.3 Å². The topological polar surface area (TPSA) is 36.4 Å². The number of halogens is 1. The number of hydrazone groups is 1. The SMILES string of the molecule is CC1(C)C2CC(=C\c3ccc(F)cc3)/C(=N\NC(=S)Nc3ccccc3)C1C2. The van der Waals surface area contributed by atoms with Gasteiger partial charge in [0.05, 0.1) is 5.71 Å². The monoisotopic (exact) mass is 393 g/mol. The first kappa shape index (κ1) is 18.8. The van der Waals surface area contributed by atoms with Gasteiger partial charge in [0.1, 0.15) is 5.82 Å². The lowest BCUT2D eigenvalue weighted by molar-refractivity contribution is 0.0141. The van der Waals surface area contributed by atoms with Crippen molar-refractivity contribution < 1.29 is 4.39 Å². The molecule has 0 saturated heterocycles. The van der Waals surface area contributed by atoms with Crippen LogP contribution >= 0.6 is 12.2 Å². The molecule has 2 bridgehead atoms. The first-order chi connectivity index (χ1) is 13.4. The molecule has 28 heavy (non-hydrogen) atoms. The van der Waals surface area contributed by atoms with Crippen LogP contribution in [-0.2, 0) is 0 Å². The number of hydrogen-bond acceptors (Lipinski definition) is 2. The van der Waals surface area contributed by atoms with Crippen LogP contribution in [0.2, 0.25) is 0 Å². The zero-order valence-electron chi connectivity index (χ0n) is 16.1. The van der Waals surface area contributed by atoms with E-state index in [9.17, 15) is 4.39 Å². The third-order valence-corrected chi connectivity index (χ3v) is 6.31. The second kappa shape index (κ2) is 7.47. The Hall–Kier alpha value is -2.53. The summed E-state index contributed by atoms with van der Waals surface area (Å²) in [6.07, 6.45) is 4.27. The van der Waals surface area contributed by atoms with Crippen LogP contribution in [0.25, 0.3) is 6.08 Å². The normalized spacial score (nSPS) is 25.2. The standard InChI is InChI=1S/C23H24FN3S/c1-23(2)17-13-16(12-15-8-10-18(24)11-9-15)21(20(23)14-17)26-27-22(28)25-19-6-4-3-5-7-19/h3-12,17,20H,13-14H2,1-2H3,(H2,25,27,28)/b16-12+,26-21+. The van der Waals surface area contributed by atoms with Gasteiger partial charge in [0.15, 0.2) is 5.11 Å². The maximum atomic E-state index is 13.2. The van der Waals surface area contributed by atoms with Gasteiger partial charge in [-0.3, -0.25) is 5.43 Å². The quantitative estimate of drug-likeness (QED) is 0.525. The fourth-order valence-electron chi connectivity index (χ4n) is 4.25. The predicted octanol–water partition coefficient (Wildman–Crippen LogP) is 5.62. The van der Waals surface area contributed by atoms with E-state index in [0.717, 1.165) is 29.8 Å². The molecule has 144 valence electrons. The third-order valence-electron chi connectivity index (χ3n) is 6.12. The fraction of sp³-hybridized carbons (Fsp3) is 0.304. The van der Waals surface area contributed by atoms with Crippen molar-refractivity contribution in [3.05, 3.63) is 71.6 Å². The number of benzene rings is 2. The van der Waals surface area contributed by atoms with E-state index >= 15 is 0 Å². The number of para-hydroxylation sites is 1. The Labute approximate surface area is 170 Å². The molecule has 2 atom stereocenters.